The van der Waals surface area contributed by atoms with E-state index in [1.165, 1.54) is 0 Å². The highest BCUT2D eigenvalue weighted by molar-refractivity contribution is 6.72. The number of aliphatic hydroxyl groups excluding tert-OH is 1. The summed E-state index contributed by atoms with van der Waals surface area (Å²) in [6.45, 7) is 18.2. The van der Waals surface area contributed by atoms with Gasteiger partial charge in [0, 0.05) is 17.4 Å². The molecule has 0 amide bonds. The summed E-state index contributed by atoms with van der Waals surface area (Å²) in [7, 11) is -2.86. The minimum Gasteiger partial charge on any atom is -0.462 e. The number of aliphatic hydroxyl groups is 1. The van der Waals surface area contributed by atoms with Gasteiger partial charge in [-0.3, -0.25) is 0 Å². The van der Waals surface area contributed by atoms with E-state index in [1.807, 2.05) is 0 Å². The summed E-state index contributed by atoms with van der Waals surface area (Å²) in [5.74, 6) is -0.304. The van der Waals surface area contributed by atoms with Gasteiger partial charge in [0.15, 0.2) is 8.32 Å². The number of hydrogen-bond acceptors (Lipinski definition) is 5. The molecule has 0 saturated heterocycles. The Hall–Kier alpha value is -0.476. The molecule has 5 nitrogen and oxygen atoms in total. The van der Waals surface area contributed by atoms with E-state index >= 15 is 0 Å². The summed E-state index contributed by atoms with van der Waals surface area (Å²) in [5, 5.41) is 8.65. The van der Waals surface area contributed by atoms with Gasteiger partial charge in [0.2, 0.25) is 0 Å². The molecule has 1 atom stereocenters. The molecule has 0 aliphatic heterocycles. The van der Waals surface area contributed by atoms with Crippen molar-refractivity contribution < 1.29 is 23.8 Å². The van der Waals surface area contributed by atoms with Crippen LogP contribution in [0.2, 0.25) is 31.7 Å². The zero-order valence-electron chi connectivity index (χ0n) is 17.0. The molecule has 0 rings (SSSR count). The van der Waals surface area contributed by atoms with E-state index in [9.17, 15) is 4.79 Å². The van der Waals surface area contributed by atoms with Crippen LogP contribution in [0.3, 0.4) is 0 Å². The lowest BCUT2D eigenvalue weighted by atomic mass is 10.4. The molecule has 1 N–H and O–H groups in total. The van der Waals surface area contributed by atoms with Crippen LogP contribution < -0.4 is 0 Å². The van der Waals surface area contributed by atoms with E-state index in [1.54, 1.807) is 6.92 Å². The van der Waals surface area contributed by atoms with Gasteiger partial charge >= 0.3 is 5.97 Å². The Morgan fingerprint density at radius 2 is 1.84 bits per heavy atom. The van der Waals surface area contributed by atoms with Crippen LogP contribution in [0.25, 0.3) is 0 Å². The molecule has 0 spiro atoms. The molecule has 1 unspecified atom stereocenters. The summed E-state index contributed by atoms with van der Waals surface area (Å²) in [6.07, 6.45) is 1.86. The predicted molar refractivity (Wildman–Crippen MR) is 108 cm³/mol. The summed E-state index contributed by atoms with van der Waals surface area (Å²) in [6, 6.07) is 2.14. The minimum absolute atomic E-state index is 0.0694. The monoisotopic (exact) mass is 390 g/mol. The second-order valence-corrected chi connectivity index (χ2v) is 15.9. The summed E-state index contributed by atoms with van der Waals surface area (Å²) < 4.78 is 17.1. The SMILES string of the molecule is C=C(C)C(=O)OCCC[SiH](C)C(C)(C)O[Si](C)(C)CCCOCCO. The Balaban J connectivity index is 4.20. The van der Waals surface area contributed by atoms with E-state index in [-0.39, 0.29) is 17.8 Å². The Bertz CT molecular complexity index is 410. The van der Waals surface area contributed by atoms with Crippen LogP contribution in [0.15, 0.2) is 12.2 Å². The molecule has 0 radical (unpaired) electrons. The minimum atomic E-state index is -1.75. The molecule has 0 aromatic carbocycles. The number of hydrogen-bond donors (Lipinski definition) is 1. The maximum atomic E-state index is 11.4. The topological polar surface area (TPSA) is 65.0 Å². The van der Waals surface area contributed by atoms with Crippen LogP contribution in [-0.4, -0.2) is 59.8 Å². The quantitative estimate of drug-likeness (QED) is 0.213. The zero-order chi connectivity index (χ0) is 19.5. The lowest BCUT2D eigenvalue weighted by molar-refractivity contribution is -0.138. The summed E-state index contributed by atoms with van der Waals surface area (Å²) in [5.41, 5.74) is 0.449. The van der Waals surface area contributed by atoms with Crippen molar-refractivity contribution in [1.29, 1.82) is 0 Å². The first-order chi connectivity index (χ1) is 11.5. The largest absolute Gasteiger partial charge is 0.462 e. The van der Waals surface area contributed by atoms with E-state index in [4.69, 9.17) is 19.0 Å². The first-order valence-electron chi connectivity index (χ1n) is 9.23. The molecule has 0 bridgehead atoms. The highest BCUT2D eigenvalue weighted by Gasteiger charge is 2.35. The normalized spacial score (nSPS) is 13.6. The number of carbonyl (C=O) groups excluding carboxylic acids is 1. The predicted octanol–water partition coefficient (Wildman–Crippen LogP) is 3.29. The molecule has 7 heteroatoms. The first-order valence-corrected chi connectivity index (χ1v) is 14.9. The van der Waals surface area contributed by atoms with Crippen molar-refractivity contribution in [1.82, 2.24) is 0 Å². The van der Waals surface area contributed by atoms with E-state index in [0.29, 0.717) is 25.4 Å². The molecule has 0 aromatic heterocycles. The molecule has 0 saturated carbocycles. The van der Waals surface area contributed by atoms with Gasteiger partial charge in [-0.2, -0.15) is 0 Å². The second-order valence-electron chi connectivity index (χ2n) is 7.86. The van der Waals surface area contributed by atoms with Crippen LogP contribution in [-0.2, 0) is 18.7 Å². The van der Waals surface area contributed by atoms with Gasteiger partial charge in [-0.15, -0.1) is 0 Å². The molecule has 0 aromatic rings. The van der Waals surface area contributed by atoms with Gasteiger partial charge in [-0.05, 0) is 52.8 Å². The fourth-order valence-electron chi connectivity index (χ4n) is 2.66. The number of esters is 1. The van der Waals surface area contributed by atoms with Crippen molar-refractivity contribution in [3.63, 3.8) is 0 Å². The van der Waals surface area contributed by atoms with E-state index in [2.05, 4.69) is 40.1 Å². The Kier molecular flexibility index (Phi) is 11.8. The van der Waals surface area contributed by atoms with Crippen molar-refractivity contribution in [2.75, 3.05) is 26.4 Å². The molecule has 0 fully saturated rings. The fourth-order valence-corrected chi connectivity index (χ4v) is 8.41. The molecule has 148 valence electrons. The molecule has 0 heterocycles. The highest BCUT2D eigenvalue weighted by Crippen LogP contribution is 2.26. The van der Waals surface area contributed by atoms with Crippen LogP contribution >= 0.6 is 0 Å². The Morgan fingerprint density at radius 1 is 1.20 bits per heavy atom. The Labute approximate surface area is 156 Å². The maximum absolute atomic E-state index is 11.4. The van der Waals surface area contributed by atoms with Crippen molar-refractivity contribution in [3.05, 3.63) is 12.2 Å². The van der Waals surface area contributed by atoms with Gasteiger partial charge in [0.25, 0.3) is 0 Å². The fraction of sp³-hybridized carbons (Fsp3) is 0.833. The summed E-state index contributed by atoms with van der Waals surface area (Å²) >= 11 is 0. The summed E-state index contributed by atoms with van der Waals surface area (Å²) in [4.78, 5) is 11.4. The van der Waals surface area contributed by atoms with Crippen molar-refractivity contribution in [2.24, 2.45) is 0 Å². The Morgan fingerprint density at radius 3 is 2.40 bits per heavy atom. The second kappa shape index (κ2) is 12.0. The maximum Gasteiger partial charge on any atom is 0.333 e. The van der Waals surface area contributed by atoms with Crippen molar-refractivity contribution >= 4 is 23.1 Å². The van der Waals surface area contributed by atoms with Gasteiger partial charge in [-0.25, -0.2) is 4.79 Å². The first kappa shape index (κ1) is 24.5. The third kappa shape index (κ3) is 11.7. The van der Waals surface area contributed by atoms with Gasteiger partial charge < -0.3 is 19.0 Å². The molecule has 0 aliphatic rings. The van der Waals surface area contributed by atoms with Crippen molar-refractivity contribution in [2.45, 2.75) is 70.6 Å². The number of ether oxygens (including phenoxy) is 2. The third-order valence-electron chi connectivity index (χ3n) is 4.39. The van der Waals surface area contributed by atoms with E-state index < -0.39 is 17.1 Å². The van der Waals surface area contributed by atoms with Crippen LogP contribution in [0.5, 0.6) is 0 Å². The van der Waals surface area contributed by atoms with E-state index in [0.717, 1.165) is 24.9 Å². The molecular formula is C18H38O5Si2. The standard InChI is InChI=1S/C18H38O5Si2/c1-16(2)17(20)22-12-8-14-24(5)18(3,4)23-25(6,7)15-9-11-21-13-10-19/h19,24H,1,8-15H2,2-7H3. The van der Waals surface area contributed by atoms with Crippen LogP contribution in [0.1, 0.15) is 33.6 Å². The van der Waals surface area contributed by atoms with Gasteiger partial charge in [0.1, 0.15) is 0 Å². The molecule has 0 aliphatic carbocycles. The zero-order valence-corrected chi connectivity index (χ0v) is 19.2. The average molecular weight is 391 g/mol. The van der Waals surface area contributed by atoms with Gasteiger partial charge in [-0.1, -0.05) is 19.2 Å². The third-order valence-corrected chi connectivity index (χ3v) is 11.0. The lowest BCUT2D eigenvalue weighted by Gasteiger charge is -2.39. The van der Waals surface area contributed by atoms with Crippen LogP contribution in [0, 0.1) is 0 Å². The lowest BCUT2D eigenvalue weighted by Crippen LogP contribution is -2.49. The average Bonchev–Trinajstić information content (AvgIpc) is 2.49. The molecular weight excluding hydrogens is 352 g/mol. The smallest absolute Gasteiger partial charge is 0.333 e. The van der Waals surface area contributed by atoms with Gasteiger partial charge in [0.05, 0.1) is 28.6 Å². The van der Waals surface area contributed by atoms with Crippen LogP contribution in [0.4, 0.5) is 0 Å². The molecule has 25 heavy (non-hydrogen) atoms. The number of carbonyl (C=O) groups is 1. The highest BCUT2D eigenvalue weighted by atomic mass is 28.4. The number of rotatable bonds is 14. The van der Waals surface area contributed by atoms with Crippen molar-refractivity contribution in [3.8, 4) is 0 Å².